The highest BCUT2D eigenvalue weighted by Crippen LogP contribution is 2.15. The van der Waals surface area contributed by atoms with Gasteiger partial charge in [0.15, 0.2) is 0 Å². The van der Waals surface area contributed by atoms with Gasteiger partial charge >= 0.3 is 5.97 Å². The molecule has 0 aromatic heterocycles. The predicted molar refractivity (Wildman–Crippen MR) is 90.2 cm³/mol. The molecule has 0 unspecified atom stereocenters. The molecule has 0 saturated heterocycles. The number of methoxy groups -OCH3 is 1. The van der Waals surface area contributed by atoms with Crippen molar-refractivity contribution in [2.45, 2.75) is 38.0 Å². The Bertz CT molecular complexity index is 686. The van der Waals surface area contributed by atoms with E-state index in [0.29, 0.717) is 36.9 Å². The van der Waals surface area contributed by atoms with E-state index in [0.717, 1.165) is 0 Å². The van der Waals surface area contributed by atoms with Crippen molar-refractivity contribution in [1.82, 2.24) is 10.0 Å². The standard InChI is InChI=1S/C16H24N2O5S/c1-4-18-24(21,22)13-9-8-12(2)14(11-13)16(20)17-10-6-5-7-15(19)23-3/h8-9,11,18H,4-7,10H2,1-3H3,(H,17,20). The van der Waals surface area contributed by atoms with Crippen LogP contribution in [0.1, 0.15) is 42.1 Å². The Labute approximate surface area is 142 Å². The summed E-state index contributed by atoms with van der Waals surface area (Å²) in [5, 5.41) is 2.74. The summed E-state index contributed by atoms with van der Waals surface area (Å²) in [7, 11) is -2.27. The highest BCUT2D eigenvalue weighted by molar-refractivity contribution is 7.89. The predicted octanol–water partition coefficient (Wildman–Crippen LogP) is 1.37. The van der Waals surface area contributed by atoms with Crippen molar-refractivity contribution in [2.24, 2.45) is 0 Å². The molecule has 7 nitrogen and oxygen atoms in total. The average Bonchev–Trinajstić information content (AvgIpc) is 2.54. The molecular weight excluding hydrogens is 332 g/mol. The molecule has 0 aliphatic heterocycles. The van der Waals surface area contributed by atoms with Gasteiger partial charge in [0.1, 0.15) is 0 Å². The maximum Gasteiger partial charge on any atom is 0.305 e. The van der Waals surface area contributed by atoms with E-state index in [-0.39, 0.29) is 23.3 Å². The molecule has 1 aromatic carbocycles. The van der Waals surface area contributed by atoms with E-state index < -0.39 is 10.0 Å². The van der Waals surface area contributed by atoms with Crippen LogP contribution >= 0.6 is 0 Å². The molecule has 1 aromatic rings. The smallest absolute Gasteiger partial charge is 0.305 e. The Kier molecular flexibility index (Phi) is 7.87. The quantitative estimate of drug-likeness (QED) is 0.514. The van der Waals surface area contributed by atoms with Crippen LogP contribution in [0, 0.1) is 6.92 Å². The summed E-state index contributed by atoms with van der Waals surface area (Å²) in [4.78, 5) is 23.3. The molecule has 0 bridgehead atoms. The zero-order valence-corrected chi connectivity index (χ0v) is 15.0. The van der Waals surface area contributed by atoms with Crippen LogP contribution in [0.3, 0.4) is 0 Å². The van der Waals surface area contributed by atoms with Crippen molar-refractivity contribution in [3.63, 3.8) is 0 Å². The topological polar surface area (TPSA) is 102 Å². The Morgan fingerprint density at radius 1 is 1.21 bits per heavy atom. The lowest BCUT2D eigenvalue weighted by molar-refractivity contribution is -0.140. The number of nitrogens with one attached hydrogen (secondary N) is 2. The van der Waals surface area contributed by atoms with Crippen LogP contribution in [0.25, 0.3) is 0 Å². The summed E-state index contributed by atoms with van der Waals surface area (Å²) in [6, 6.07) is 4.45. The van der Waals surface area contributed by atoms with Crippen LogP contribution in [0.4, 0.5) is 0 Å². The fourth-order valence-corrected chi connectivity index (χ4v) is 3.15. The molecule has 0 radical (unpaired) electrons. The molecule has 24 heavy (non-hydrogen) atoms. The van der Waals surface area contributed by atoms with Crippen LogP contribution in [-0.2, 0) is 19.6 Å². The zero-order valence-electron chi connectivity index (χ0n) is 14.2. The molecule has 134 valence electrons. The minimum absolute atomic E-state index is 0.0609. The number of sulfonamides is 1. The minimum Gasteiger partial charge on any atom is -0.469 e. The monoisotopic (exact) mass is 356 g/mol. The lowest BCUT2D eigenvalue weighted by Gasteiger charge is -2.10. The third kappa shape index (κ3) is 5.93. The van der Waals surface area contributed by atoms with Gasteiger partial charge in [0.05, 0.1) is 12.0 Å². The van der Waals surface area contributed by atoms with Crippen molar-refractivity contribution < 1.29 is 22.7 Å². The largest absolute Gasteiger partial charge is 0.469 e. The van der Waals surface area contributed by atoms with E-state index in [1.165, 1.54) is 19.2 Å². The van der Waals surface area contributed by atoms with Gasteiger partial charge in [-0.25, -0.2) is 13.1 Å². The molecule has 1 amide bonds. The van der Waals surface area contributed by atoms with Crippen LogP contribution in [-0.4, -0.2) is 40.5 Å². The summed E-state index contributed by atoms with van der Waals surface area (Å²) in [5.74, 6) is -0.613. The minimum atomic E-state index is -3.61. The molecule has 1 rings (SSSR count). The van der Waals surface area contributed by atoms with Gasteiger partial charge in [0, 0.05) is 25.1 Å². The number of carbonyl (C=O) groups is 2. The maximum atomic E-state index is 12.2. The van der Waals surface area contributed by atoms with Crippen LogP contribution in [0.5, 0.6) is 0 Å². The van der Waals surface area contributed by atoms with Crippen molar-refractivity contribution >= 4 is 21.9 Å². The van der Waals surface area contributed by atoms with E-state index in [4.69, 9.17) is 0 Å². The maximum absolute atomic E-state index is 12.2. The Hall–Kier alpha value is -1.93. The number of rotatable bonds is 9. The van der Waals surface area contributed by atoms with E-state index in [1.807, 2.05) is 0 Å². The van der Waals surface area contributed by atoms with E-state index >= 15 is 0 Å². The van der Waals surface area contributed by atoms with Gasteiger partial charge in [-0.3, -0.25) is 9.59 Å². The number of benzene rings is 1. The van der Waals surface area contributed by atoms with Crippen molar-refractivity contribution in [2.75, 3.05) is 20.2 Å². The van der Waals surface area contributed by atoms with E-state index in [2.05, 4.69) is 14.8 Å². The molecule has 0 saturated carbocycles. The van der Waals surface area contributed by atoms with Crippen LogP contribution in [0.15, 0.2) is 23.1 Å². The van der Waals surface area contributed by atoms with Gasteiger partial charge < -0.3 is 10.1 Å². The number of ether oxygens (including phenoxy) is 1. The number of hydrogen-bond acceptors (Lipinski definition) is 5. The second-order valence-electron chi connectivity index (χ2n) is 5.27. The number of unbranched alkanes of at least 4 members (excludes halogenated alkanes) is 1. The first-order valence-electron chi connectivity index (χ1n) is 7.77. The van der Waals surface area contributed by atoms with Gasteiger partial charge in [0.2, 0.25) is 10.0 Å². The van der Waals surface area contributed by atoms with Gasteiger partial charge in [-0.1, -0.05) is 13.0 Å². The lowest BCUT2D eigenvalue weighted by Crippen LogP contribution is -2.27. The Morgan fingerprint density at radius 2 is 1.92 bits per heavy atom. The molecule has 0 aliphatic rings. The Balaban J connectivity index is 2.68. The number of esters is 1. The molecule has 2 N–H and O–H groups in total. The molecule has 8 heteroatoms. The number of hydrogen-bond donors (Lipinski definition) is 2. The van der Waals surface area contributed by atoms with Crippen molar-refractivity contribution in [3.05, 3.63) is 29.3 Å². The van der Waals surface area contributed by atoms with Crippen molar-refractivity contribution in [3.8, 4) is 0 Å². The Morgan fingerprint density at radius 3 is 2.54 bits per heavy atom. The normalized spacial score (nSPS) is 11.1. The lowest BCUT2D eigenvalue weighted by atomic mass is 10.1. The molecular formula is C16H24N2O5S. The highest BCUT2D eigenvalue weighted by Gasteiger charge is 2.17. The van der Waals surface area contributed by atoms with Gasteiger partial charge in [-0.15, -0.1) is 0 Å². The molecule has 0 spiro atoms. The van der Waals surface area contributed by atoms with Gasteiger partial charge in [-0.2, -0.15) is 0 Å². The van der Waals surface area contributed by atoms with E-state index in [9.17, 15) is 18.0 Å². The summed E-state index contributed by atoms with van der Waals surface area (Å²) < 4.78 is 31.0. The number of carbonyl (C=O) groups excluding carboxylic acids is 2. The summed E-state index contributed by atoms with van der Waals surface area (Å²) in [6.07, 6.45) is 1.55. The molecule has 0 fully saturated rings. The average molecular weight is 356 g/mol. The summed E-state index contributed by atoms with van der Waals surface area (Å²) in [6.45, 7) is 4.11. The first-order valence-corrected chi connectivity index (χ1v) is 9.25. The van der Waals surface area contributed by atoms with Gasteiger partial charge in [-0.05, 0) is 37.5 Å². The second-order valence-corrected chi connectivity index (χ2v) is 7.03. The molecule has 0 heterocycles. The van der Waals surface area contributed by atoms with Gasteiger partial charge in [0.25, 0.3) is 5.91 Å². The zero-order chi connectivity index (χ0) is 18.2. The van der Waals surface area contributed by atoms with E-state index in [1.54, 1.807) is 19.9 Å². The van der Waals surface area contributed by atoms with Crippen LogP contribution in [0.2, 0.25) is 0 Å². The first-order chi connectivity index (χ1) is 11.3. The highest BCUT2D eigenvalue weighted by atomic mass is 32.2. The van der Waals surface area contributed by atoms with Crippen molar-refractivity contribution in [1.29, 1.82) is 0 Å². The third-order valence-corrected chi connectivity index (χ3v) is 4.96. The molecule has 0 aliphatic carbocycles. The summed E-state index contributed by atoms with van der Waals surface area (Å²) >= 11 is 0. The van der Waals surface area contributed by atoms with Crippen LogP contribution < -0.4 is 10.0 Å². The third-order valence-electron chi connectivity index (χ3n) is 3.42. The number of amides is 1. The summed E-state index contributed by atoms with van der Waals surface area (Å²) in [5.41, 5.74) is 1.01. The number of aryl methyl sites for hydroxylation is 1. The fraction of sp³-hybridized carbons (Fsp3) is 0.500. The molecule has 0 atom stereocenters. The second kappa shape index (κ2) is 9.39. The SMILES string of the molecule is CCNS(=O)(=O)c1ccc(C)c(C(=O)NCCCCC(=O)OC)c1. The first kappa shape index (κ1) is 20.1. The fourth-order valence-electron chi connectivity index (χ4n) is 2.08.